The van der Waals surface area contributed by atoms with Gasteiger partial charge in [0.15, 0.2) is 0 Å². The fourth-order valence-corrected chi connectivity index (χ4v) is 12.3. The molecule has 250 valence electrons. The molecule has 0 bridgehead atoms. The van der Waals surface area contributed by atoms with Crippen LogP contribution in [0.5, 0.6) is 0 Å². The van der Waals surface area contributed by atoms with Gasteiger partial charge in [0, 0.05) is 32.3 Å². The second-order valence-corrected chi connectivity index (χ2v) is 16.4. The van der Waals surface area contributed by atoms with Gasteiger partial charge in [0.2, 0.25) is 10.0 Å². The highest BCUT2D eigenvalue weighted by Gasteiger charge is 2.56. The summed E-state index contributed by atoms with van der Waals surface area (Å²) in [4.78, 5) is 2.32. The molecule has 3 saturated carbocycles. The van der Waals surface area contributed by atoms with Crippen molar-refractivity contribution >= 4 is 10.0 Å². The molecule has 0 aromatic heterocycles. The molecule has 2 aliphatic heterocycles. The van der Waals surface area contributed by atoms with Crippen LogP contribution < -0.4 is 0 Å². The third kappa shape index (κ3) is 6.92. The zero-order valence-corrected chi connectivity index (χ0v) is 26.4. The van der Waals surface area contributed by atoms with Crippen molar-refractivity contribution in [1.82, 2.24) is 9.21 Å². The van der Waals surface area contributed by atoms with Gasteiger partial charge in [-0.25, -0.2) is 12.7 Å². The minimum Gasteiger partial charge on any atom is -0.383 e. The summed E-state index contributed by atoms with van der Waals surface area (Å²) < 4.78 is 118. The van der Waals surface area contributed by atoms with Gasteiger partial charge in [-0.3, -0.25) is 4.90 Å². The molecule has 0 aromatic carbocycles. The number of alkyl halides is 6. The molecule has 5 rings (SSSR count). The van der Waals surface area contributed by atoms with Gasteiger partial charge < -0.3 is 4.74 Å². The normalized spacial score (nSPS) is 41.1. The maximum absolute atomic E-state index is 13.9. The largest absolute Gasteiger partial charge is 0.393 e. The highest BCUT2D eigenvalue weighted by atomic mass is 32.2. The summed E-state index contributed by atoms with van der Waals surface area (Å²) in [6, 6.07) is 0.0490. The maximum Gasteiger partial charge on any atom is 0.393 e. The van der Waals surface area contributed by atoms with Crippen LogP contribution in [0, 0.1) is 41.4 Å². The molecule has 2 saturated heterocycles. The van der Waals surface area contributed by atoms with Crippen LogP contribution in [-0.4, -0.2) is 80.7 Å². The van der Waals surface area contributed by atoms with Crippen molar-refractivity contribution in [3.8, 4) is 0 Å². The van der Waals surface area contributed by atoms with Gasteiger partial charge in [-0.1, -0.05) is 26.2 Å². The van der Waals surface area contributed by atoms with Gasteiger partial charge in [0.05, 0.1) is 23.7 Å². The van der Waals surface area contributed by atoms with Gasteiger partial charge in [-0.05, 0) is 100 Å². The lowest BCUT2D eigenvalue weighted by Crippen LogP contribution is -2.71. The smallest absolute Gasteiger partial charge is 0.383 e. The minimum atomic E-state index is -4.54. The standard InChI is InChI=1S/C31H50F6N2O3S/c1-20-23(8-7-10-24(20)30(32,33)34)21-12-14-22(15-13-21)29-26-18-38(16-5-6-17-39(26)27(29)19-42-2)43(40,41)28-11-4-3-9-25(28)31(35,36)37/h20-29H,3-19H2,1-2H3/t20?,21?,22?,23?,24?,25?,26?,27-,28?,29+/m1/s1. The third-order valence-electron chi connectivity index (χ3n) is 12.2. The number of rotatable bonds is 6. The Hall–Kier alpha value is -0.590. The summed E-state index contributed by atoms with van der Waals surface area (Å²) in [7, 11) is -2.49. The number of sulfonamides is 1. The van der Waals surface area contributed by atoms with E-state index in [1.165, 1.54) is 4.31 Å². The van der Waals surface area contributed by atoms with Gasteiger partial charge in [-0.15, -0.1) is 0 Å². The second-order valence-electron chi connectivity index (χ2n) is 14.3. The van der Waals surface area contributed by atoms with Crippen molar-refractivity contribution in [1.29, 1.82) is 0 Å². The fourth-order valence-electron chi connectivity index (χ4n) is 10.0. The summed E-state index contributed by atoms with van der Waals surface area (Å²) in [6.07, 6.45) is -1.27. The fraction of sp³-hybridized carbons (Fsp3) is 1.00. The average Bonchev–Trinajstić information content (AvgIpc) is 2.93. The number of halogens is 6. The van der Waals surface area contributed by atoms with Gasteiger partial charge in [0.1, 0.15) is 0 Å². The summed E-state index contributed by atoms with van der Waals surface area (Å²) in [6.45, 7) is 3.57. The quantitative estimate of drug-likeness (QED) is 0.286. The molecule has 0 amide bonds. The molecule has 3 aliphatic carbocycles. The Morgan fingerprint density at radius 2 is 1.35 bits per heavy atom. The maximum atomic E-state index is 13.9. The van der Waals surface area contributed by atoms with Crippen LogP contribution in [0.4, 0.5) is 26.3 Å². The summed E-state index contributed by atoms with van der Waals surface area (Å²) in [5, 5.41) is -1.42. The number of nitrogens with zero attached hydrogens (tertiary/aromatic N) is 2. The Labute approximate surface area is 253 Å². The van der Waals surface area contributed by atoms with E-state index in [1.807, 2.05) is 0 Å². The molecule has 0 spiro atoms. The van der Waals surface area contributed by atoms with Crippen LogP contribution in [0.3, 0.4) is 0 Å². The molecule has 2 heterocycles. The Bertz CT molecular complexity index is 1030. The first-order valence-corrected chi connectivity index (χ1v) is 18.1. The Morgan fingerprint density at radius 3 is 2.00 bits per heavy atom. The van der Waals surface area contributed by atoms with E-state index < -0.39 is 39.5 Å². The lowest BCUT2D eigenvalue weighted by atomic mass is 9.60. The average molecular weight is 645 g/mol. The number of ether oxygens (including phenoxy) is 1. The van der Waals surface area contributed by atoms with Crippen molar-refractivity contribution in [2.75, 3.05) is 33.4 Å². The molecule has 43 heavy (non-hydrogen) atoms. The summed E-state index contributed by atoms with van der Waals surface area (Å²) in [5.41, 5.74) is 0. The monoisotopic (exact) mass is 644 g/mol. The lowest BCUT2D eigenvalue weighted by Gasteiger charge is -2.60. The van der Waals surface area contributed by atoms with Crippen LogP contribution >= 0.6 is 0 Å². The predicted octanol–water partition coefficient (Wildman–Crippen LogP) is 7.27. The van der Waals surface area contributed by atoms with E-state index in [1.54, 1.807) is 14.0 Å². The number of hydrogen-bond donors (Lipinski definition) is 0. The van der Waals surface area contributed by atoms with E-state index in [2.05, 4.69) is 4.90 Å². The van der Waals surface area contributed by atoms with E-state index in [9.17, 15) is 34.8 Å². The predicted molar refractivity (Wildman–Crippen MR) is 153 cm³/mol. The van der Waals surface area contributed by atoms with E-state index in [-0.39, 0.29) is 68.1 Å². The zero-order chi connectivity index (χ0) is 31.2. The van der Waals surface area contributed by atoms with Crippen molar-refractivity contribution in [2.24, 2.45) is 41.4 Å². The van der Waals surface area contributed by atoms with Gasteiger partial charge in [-0.2, -0.15) is 26.3 Å². The minimum absolute atomic E-state index is 0.0475. The van der Waals surface area contributed by atoms with Crippen molar-refractivity contribution in [3.63, 3.8) is 0 Å². The van der Waals surface area contributed by atoms with Crippen LogP contribution in [-0.2, 0) is 14.8 Å². The van der Waals surface area contributed by atoms with E-state index in [4.69, 9.17) is 4.74 Å². The second kappa shape index (κ2) is 13.3. The van der Waals surface area contributed by atoms with E-state index in [0.29, 0.717) is 38.2 Å². The highest BCUT2D eigenvalue weighted by molar-refractivity contribution is 7.89. The third-order valence-corrected chi connectivity index (χ3v) is 14.5. The Kier molecular flexibility index (Phi) is 10.4. The number of methoxy groups -OCH3 is 1. The molecule has 0 radical (unpaired) electrons. The molecule has 5 aliphatic rings. The molecule has 6 unspecified atom stereocenters. The molecule has 8 atom stereocenters. The van der Waals surface area contributed by atoms with Crippen molar-refractivity contribution in [2.45, 2.75) is 120 Å². The molecule has 5 fully saturated rings. The molecule has 5 nitrogen and oxygen atoms in total. The highest BCUT2D eigenvalue weighted by Crippen LogP contribution is 2.52. The Morgan fingerprint density at radius 1 is 0.744 bits per heavy atom. The lowest BCUT2D eigenvalue weighted by molar-refractivity contribution is -0.204. The van der Waals surface area contributed by atoms with Crippen LogP contribution in [0.15, 0.2) is 0 Å². The van der Waals surface area contributed by atoms with Gasteiger partial charge in [0.25, 0.3) is 0 Å². The van der Waals surface area contributed by atoms with Crippen LogP contribution in [0.2, 0.25) is 0 Å². The molecule has 12 heteroatoms. The molecular weight excluding hydrogens is 594 g/mol. The first-order chi connectivity index (χ1) is 20.2. The SMILES string of the molecule is COC[C@@H]1[C@@H](C2CCC(C3CCCC(C(F)(F)F)C3C)CC2)C2CN(S(=O)(=O)C3CCCCC3C(F)(F)F)CCCCN21. The van der Waals surface area contributed by atoms with Crippen LogP contribution in [0.1, 0.15) is 90.4 Å². The molecule has 0 aromatic rings. The van der Waals surface area contributed by atoms with E-state index >= 15 is 0 Å². The Balaban J connectivity index is 1.30. The number of fused-ring (bicyclic) bond motifs is 1. The number of hydrogen-bond acceptors (Lipinski definition) is 4. The molecule has 0 N–H and O–H groups in total. The van der Waals surface area contributed by atoms with Crippen molar-refractivity contribution < 1.29 is 39.5 Å². The topological polar surface area (TPSA) is 49.9 Å². The summed E-state index contributed by atoms with van der Waals surface area (Å²) in [5.74, 6) is -2.61. The first-order valence-electron chi connectivity index (χ1n) is 16.6. The van der Waals surface area contributed by atoms with Crippen molar-refractivity contribution in [3.05, 3.63) is 0 Å². The summed E-state index contributed by atoms with van der Waals surface area (Å²) >= 11 is 0. The first kappa shape index (κ1) is 33.8. The van der Waals surface area contributed by atoms with E-state index in [0.717, 1.165) is 45.1 Å². The molecular formula is C31H50F6N2O3S. The zero-order valence-electron chi connectivity index (χ0n) is 25.6. The van der Waals surface area contributed by atoms with Gasteiger partial charge >= 0.3 is 12.4 Å². The van der Waals surface area contributed by atoms with Crippen LogP contribution in [0.25, 0.3) is 0 Å².